The number of aromatic nitrogens is 2. The Labute approximate surface area is 158 Å². The third-order valence-electron chi connectivity index (χ3n) is 4.60. The molecule has 0 saturated carbocycles. The van der Waals surface area contributed by atoms with Crippen LogP contribution < -0.4 is 10.1 Å². The summed E-state index contributed by atoms with van der Waals surface area (Å²) in [5, 5.41) is 14.6. The van der Waals surface area contributed by atoms with Gasteiger partial charge in [-0.1, -0.05) is 66.7 Å². The normalized spacial score (nSPS) is 10.7. The van der Waals surface area contributed by atoms with Gasteiger partial charge in [0.1, 0.15) is 5.75 Å². The number of anilines is 1. The number of rotatable bonds is 6. The molecule has 4 nitrogen and oxygen atoms in total. The van der Waals surface area contributed by atoms with Crippen molar-refractivity contribution in [3.8, 4) is 5.75 Å². The second kappa shape index (κ2) is 7.87. The van der Waals surface area contributed by atoms with E-state index in [2.05, 4.69) is 51.9 Å². The van der Waals surface area contributed by atoms with Crippen LogP contribution in [-0.4, -0.2) is 17.3 Å². The number of nitrogens with one attached hydrogen (secondary N) is 1. The first kappa shape index (κ1) is 17.0. The quantitative estimate of drug-likeness (QED) is 0.537. The molecule has 134 valence electrons. The second-order valence-corrected chi connectivity index (χ2v) is 6.40. The molecule has 0 aliphatic carbocycles. The van der Waals surface area contributed by atoms with Gasteiger partial charge in [-0.05, 0) is 23.3 Å². The summed E-state index contributed by atoms with van der Waals surface area (Å²) in [6, 6.07) is 26.7. The average Bonchev–Trinajstić information content (AvgIpc) is 2.74. The van der Waals surface area contributed by atoms with E-state index in [1.54, 1.807) is 7.11 Å². The highest BCUT2D eigenvalue weighted by Gasteiger charge is 2.09. The van der Waals surface area contributed by atoms with Crippen molar-refractivity contribution in [2.24, 2.45) is 0 Å². The van der Waals surface area contributed by atoms with Crippen molar-refractivity contribution in [1.82, 2.24) is 10.2 Å². The van der Waals surface area contributed by atoms with E-state index >= 15 is 0 Å². The lowest BCUT2D eigenvalue weighted by atomic mass is 10.0. The highest BCUT2D eigenvalue weighted by atomic mass is 16.5. The van der Waals surface area contributed by atoms with Crippen LogP contribution in [0.3, 0.4) is 0 Å². The molecule has 0 bridgehead atoms. The molecule has 1 heterocycles. The van der Waals surface area contributed by atoms with Crippen LogP contribution in [0, 0.1) is 0 Å². The number of hydrogen-bond acceptors (Lipinski definition) is 4. The summed E-state index contributed by atoms with van der Waals surface area (Å²) in [5.74, 6) is 1.66. The van der Waals surface area contributed by atoms with Gasteiger partial charge in [-0.3, -0.25) is 0 Å². The van der Waals surface area contributed by atoms with E-state index in [1.165, 1.54) is 5.56 Å². The van der Waals surface area contributed by atoms with Crippen molar-refractivity contribution >= 4 is 16.6 Å². The summed E-state index contributed by atoms with van der Waals surface area (Å²) in [6.07, 6.45) is 0.771. The minimum Gasteiger partial charge on any atom is -0.497 e. The second-order valence-electron chi connectivity index (χ2n) is 6.40. The summed E-state index contributed by atoms with van der Waals surface area (Å²) < 4.78 is 5.21. The first-order chi connectivity index (χ1) is 13.3. The van der Waals surface area contributed by atoms with E-state index in [9.17, 15) is 0 Å². The van der Waals surface area contributed by atoms with E-state index in [1.807, 2.05) is 42.5 Å². The molecule has 4 rings (SSSR count). The lowest BCUT2D eigenvalue weighted by Crippen LogP contribution is -2.05. The van der Waals surface area contributed by atoms with Crippen molar-refractivity contribution in [2.45, 2.75) is 13.0 Å². The monoisotopic (exact) mass is 355 g/mol. The minimum atomic E-state index is 0.681. The minimum absolute atomic E-state index is 0.681. The largest absolute Gasteiger partial charge is 0.497 e. The number of methoxy groups -OCH3 is 1. The van der Waals surface area contributed by atoms with E-state index < -0.39 is 0 Å². The Hall–Kier alpha value is -3.40. The van der Waals surface area contributed by atoms with Crippen LogP contribution in [0.2, 0.25) is 0 Å². The number of benzene rings is 3. The third-order valence-corrected chi connectivity index (χ3v) is 4.60. The van der Waals surface area contributed by atoms with Crippen molar-refractivity contribution in [3.63, 3.8) is 0 Å². The van der Waals surface area contributed by atoms with Gasteiger partial charge in [0, 0.05) is 23.7 Å². The fraction of sp³-hybridized carbons (Fsp3) is 0.130. The molecule has 0 atom stereocenters. The molecule has 1 aromatic heterocycles. The molecular weight excluding hydrogens is 334 g/mol. The Balaban J connectivity index is 1.59. The zero-order valence-electron chi connectivity index (χ0n) is 15.2. The van der Waals surface area contributed by atoms with Crippen LogP contribution in [0.25, 0.3) is 10.8 Å². The molecule has 0 aliphatic rings. The number of fused-ring (bicyclic) bond motifs is 1. The zero-order chi connectivity index (χ0) is 18.5. The molecular formula is C23H21N3O. The van der Waals surface area contributed by atoms with Crippen LogP contribution in [0.1, 0.15) is 16.8 Å². The van der Waals surface area contributed by atoms with Crippen molar-refractivity contribution in [3.05, 3.63) is 95.7 Å². The fourth-order valence-corrected chi connectivity index (χ4v) is 3.14. The molecule has 0 aliphatic heterocycles. The summed E-state index contributed by atoms with van der Waals surface area (Å²) in [4.78, 5) is 0. The summed E-state index contributed by atoms with van der Waals surface area (Å²) in [5.41, 5.74) is 3.39. The maximum Gasteiger partial charge on any atom is 0.156 e. The van der Waals surface area contributed by atoms with Crippen molar-refractivity contribution in [1.29, 1.82) is 0 Å². The van der Waals surface area contributed by atoms with E-state index in [4.69, 9.17) is 4.74 Å². The Morgan fingerprint density at radius 3 is 2.19 bits per heavy atom. The SMILES string of the molecule is COc1ccc(CNc2nnc(Cc3ccccc3)c3ccccc23)cc1. The van der Waals surface area contributed by atoms with Gasteiger partial charge in [-0.25, -0.2) is 0 Å². The summed E-state index contributed by atoms with van der Waals surface area (Å²) in [6.45, 7) is 0.681. The van der Waals surface area contributed by atoms with Gasteiger partial charge in [0.15, 0.2) is 5.82 Å². The highest BCUT2D eigenvalue weighted by molar-refractivity contribution is 5.93. The smallest absolute Gasteiger partial charge is 0.156 e. The van der Waals surface area contributed by atoms with Gasteiger partial charge < -0.3 is 10.1 Å². The molecule has 4 aromatic rings. The van der Waals surface area contributed by atoms with Gasteiger partial charge >= 0.3 is 0 Å². The van der Waals surface area contributed by atoms with Crippen LogP contribution in [0.15, 0.2) is 78.9 Å². The van der Waals surface area contributed by atoms with E-state index in [0.717, 1.165) is 40.0 Å². The Bertz CT molecular complexity index is 1030. The van der Waals surface area contributed by atoms with Crippen LogP contribution in [-0.2, 0) is 13.0 Å². The predicted molar refractivity (Wildman–Crippen MR) is 109 cm³/mol. The highest BCUT2D eigenvalue weighted by Crippen LogP contribution is 2.25. The molecule has 0 saturated heterocycles. The topological polar surface area (TPSA) is 47.0 Å². The average molecular weight is 355 g/mol. The maximum absolute atomic E-state index is 5.21. The van der Waals surface area contributed by atoms with Crippen LogP contribution in [0.5, 0.6) is 5.75 Å². The van der Waals surface area contributed by atoms with Gasteiger partial charge in [0.05, 0.1) is 12.8 Å². The van der Waals surface area contributed by atoms with Crippen molar-refractivity contribution in [2.75, 3.05) is 12.4 Å². The molecule has 0 radical (unpaired) electrons. The summed E-state index contributed by atoms with van der Waals surface area (Å²) in [7, 11) is 1.67. The lowest BCUT2D eigenvalue weighted by molar-refractivity contribution is 0.414. The van der Waals surface area contributed by atoms with Gasteiger partial charge in [0.2, 0.25) is 0 Å². The van der Waals surface area contributed by atoms with Crippen molar-refractivity contribution < 1.29 is 4.74 Å². The lowest BCUT2D eigenvalue weighted by Gasteiger charge is -2.11. The van der Waals surface area contributed by atoms with E-state index in [0.29, 0.717) is 6.54 Å². The molecule has 0 fully saturated rings. The third kappa shape index (κ3) is 3.90. The first-order valence-corrected chi connectivity index (χ1v) is 8.98. The number of ether oxygens (including phenoxy) is 1. The van der Waals surface area contributed by atoms with Crippen LogP contribution in [0.4, 0.5) is 5.82 Å². The molecule has 1 N–H and O–H groups in total. The van der Waals surface area contributed by atoms with Gasteiger partial charge in [-0.15, -0.1) is 5.10 Å². The molecule has 4 heteroatoms. The Morgan fingerprint density at radius 1 is 0.741 bits per heavy atom. The molecule has 3 aromatic carbocycles. The maximum atomic E-state index is 5.21. The number of nitrogens with zero attached hydrogens (tertiary/aromatic N) is 2. The summed E-state index contributed by atoms with van der Waals surface area (Å²) >= 11 is 0. The first-order valence-electron chi connectivity index (χ1n) is 8.98. The Morgan fingerprint density at radius 2 is 1.44 bits per heavy atom. The predicted octanol–water partition coefficient (Wildman–Crippen LogP) is 4.84. The van der Waals surface area contributed by atoms with Gasteiger partial charge in [-0.2, -0.15) is 5.10 Å². The molecule has 0 amide bonds. The number of hydrogen-bond donors (Lipinski definition) is 1. The fourth-order valence-electron chi connectivity index (χ4n) is 3.14. The van der Waals surface area contributed by atoms with Gasteiger partial charge in [0.25, 0.3) is 0 Å². The van der Waals surface area contributed by atoms with E-state index in [-0.39, 0.29) is 0 Å². The molecule has 0 spiro atoms. The Kier molecular flexibility index (Phi) is 4.97. The zero-order valence-corrected chi connectivity index (χ0v) is 15.2. The van der Waals surface area contributed by atoms with Crippen LogP contribution >= 0.6 is 0 Å². The molecule has 0 unspecified atom stereocenters. The standard InChI is InChI=1S/C23H21N3O/c1-27-19-13-11-18(12-14-19)16-24-23-21-10-6-5-9-20(21)22(25-26-23)15-17-7-3-2-4-8-17/h2-14H,15-16H2,1H3,(H,24,26). The molecule has 27 heavy (non-hydrogen) atoms.